The lowest BCUT2D eigenvalue weighted by Crippen LogP contribution is -2.14. The zero-order valence-electron chi connectivity index (χ0n) is 12.2. The van der Waals surface area contributed by atoms with Gasteiger partial charge in [0.05, 0.1) is 18.5 Å². The van der Waals surface area contributed by atoms with E-state index in [4.69, 9.17) is 4.74 Å². The third-order valence-corrected chi connectivity index (χ3v) is 3.62. The number of anilines is 1. The molecule has 0 spiro atoms. The van der Waals surface area contributed by atoms with Crippen LogP contribution >= 0.6 is 0 Å². The first-order valence-electron chi connectivity index (χ1n) is 6.69. The fraction of sp³-hybridized carbons (Fsp3) is 0.500. The van der Waals surface area contributed by atoms with Crippen LogP contribution in [0.5, 0.6) is 0 Å². The van der Waals surface area contributed by atoms with Gasteiger partial charge in [-0.2, -0.15) is 0 Å². The molecule has 2 aromatic rings. The molecule has 0 N–H and O–H groups in total. The van der Waals surface area contributed by atoms with Crippen molar-refractivity contribution in [2.24, 2.45) is 0 Å². The smallest absolute Gasteiger partial charge is 0.166 e. The van der Waals surface area contributed by atoms with Gasteiger partial charge in [0.25, 0.3) is 0 Å². The van der Waals surface area contributed by atoms with E-state index in [1.807, 2.05) is 32.2 Å². The summed E-state index contributed by atoms with van der Waals surface area (Å²) in [5.74, 6) is 1.62. The Labute approximate surface area is 118 Å². The highest BCUT2D eigenvalue weighted by Gasteiger charge is 2.23. The number of imidazole rings is 1. The summed E-state index contributed by atoms with van der Waals surface area (Å²) in [6.45, 7) is 1.91. The van der Waals surface area contributed by atoms with Gasteiger partial charge >= 0.3 is 0 Å². The van der Waals surface area contributed by atoms with Gasteiger partial charge in [-0.15, -0.1) is 0 Å². The minimum atomic E-state index is 0.175. The molecule has 0 saturated heterocycles. The number of aryl methyl sites for hydroxylation is 1. The largest absolute Gasteiger partial charge is 0.377 e. The van der Waals surface area contributed by atoms with Crippen molar-refractivity contribution in [3.05, 3.63) is 24.3 Å². The molecule has 2 atom stereocenters. The van der Waals surface area contributed by atoms with Gasteiger partial charge in [-0.3, -0.25) is 0 Å². The fourth-order valence-corrected chi connectivity index (χ4v) is 2.59. The maximum absolute atomic E-state index is 5.38. The number of fused-ring (bicyclic) bond motifs is 1. The molecule has 20 heavy (non-hydrogen) atoms. The van der Waals surface area contributed by atoms with E-state index >= 15 is 0 Å². The number of hydrogen-bond donors (Lipinski definition) is 0. The van der Waals surface area contributed by atoms with Gasteiger partial charge in [-0.25, -0.2) is 15.0 Å². The highest BCUT2D eigenvalue weighted by Crippen LogP contribution is 2.29. The van der Waals surface area contributed by atoms with Gasteiger partial charge in [0.1, 0.15) is 5.82 Å². The molecule has 1 aliphatic carbocycles. The molecule has 0 aliphatic heterocycles. The average Bonchev–Trinajstić information content (AvgIpc) is 3.02. The molecule has 106 valence electrons. The molecule has 2 aromatic heterocycles. The first-order chi connectivity index (χ1) is 9.60. The lowest BCUT2D eigenvalue weighted by Gasteiger charge is -2.15. The number of ether oxygens (including phenoxy) is 1. The molecular weight excluding hydrogens is 254 g/mol. The quantitative estimate of drug-likeness (QED) is 0.797. The molecule has 1 aliphatic rings. The summed E-state index contributed by atoms with van der Waals surface area (Å²) in [7, 11) is 5.67. The summed E-state index contributed by atoms with van der Waals surface area (Å²) < 4.78 is 7.48. The van der Waals surface area contributed by atoms with Crippen molar-refractivity contribution in [3.63, 3.8) is 0 Å². The molecule has 0 amide bonds. The van der Waals surface area contributed by atoms with E-state index in [1.54, 1.807) is 7.11 Å². The van der Waals surface area contributed by atoms with E-state index in [0.29, 0.717) is 0 Å². The summed E-state index contributed by atoms with van der Waals surface area (Å²) in [6.07, 6.45) is 7.19. The first kappa shape index (κ1) is 13.1. The second kappa shape index (κ2) is 4.86. The average molecular weight is 273 g/mol. The molecule has 0 saturated carbocycles. The molecule has 0 aromatic carbocycles. The Balaban J connectivity index is 2.08. The Morgan fingerprint density at radius 2 is 2.10 bits per heavy atom. The minimum absolute atomic E-state index is 0.175. The van der Waals surface area contributed by atoms with Crippen molar-refractivity contribution < 1.29 is 4.74 Å². The van der Waals surface area contributed by atoms with E-state index in [1.165, 1.54) is 0 Å². The van der Waals surface area contributed by atoms with E-state index in [0.717, 1.165) is 29.2 Å². The van der Waals surface area contributed by atoms with E-state index in [9.17, 15) is 0 Å². The summed E-state index contributed by atoms with van der Waals surface area (Å²) in [4.78, 5) is 15.5. The summed E-state index contributed by atoms with van der Waals surface area (Å²) in [6, 6.07) is 0.245. The Kier molecular flexibility index (Phi) is 3.17. The van der Waals surface area contributed by atoms with Gasteiger partial charge in [0.2, 0.25) is 0 Å². The van der Waals surface area contributed by atoms with Crippen LogP contribution in [0, 0.1) is 6.92 Å². The van der Waals surface area contributed by atoms with Crippen molar-refractivity contribution in [2.75, 3.05) is 26.1 Å². The second-order valence-electron chi connectivity index (χ2n) is 5.28. The maximum atomic E-state index is 5.38. The standard InChI is InChI=1S/C14H19N5O/c1-9-16-13(18(2)3)12-14(17-9)19(8-15-12)10-5-6-11(7-10)20-4/h5-6,8,10-11H,7H2,1-4H3. The van der Waals surface area contributed by atoms with Gasteiger partial charge in [0, 0.05) is 27.6 Å². The van der Waals surface area contributed by atoms with E-state index in [-0.39, 0.29) is 12.1 Å². The Bertz CT molecular complexity index is 661. The second-order valence-corrected chi connectivity index (χ2v) is 5.28. The maximum Gasteiger partial charge on any atom is 0.166 e. The number of aromatic nitrogens is 4. The number of hydrogen-bond acceptors (Lipinski definition) is 5. The number of nitrogens with zero attached hydrogens (tertiary/aromatic N) is 5. The van der Waals surface area contributed by atoms with Crippen molar-refractivity contribution in [2.45, 2.75) is 25.5 Å². The van der Waals surface area contributed by atoms with Crippen LogP contribution in [-0.2, 0) is 4.74 Å². The molecule has 6 nitrogen and oxygen atoms in total. The molecule has 0 fully saturated rings. The molecule has 3 rings (SSSR count). The van der Waals surface area contributed by atoms with Crippen LogP contribution in [-0.4, -0.2) is 46.8 Å². The molecule has 0 bridgehead atoms. The minimum Gasteiger partial charge on any atom is -0.377 e. The topological polar surface area (TPSA) is 56.1 Å². The Morgan fingerprint density at radius 3 is 2.75 bits per heavy atom. The van der Waals surface area contributed by atoms with Crippen LogP contribution in [0.1, 0.15) is 18.3 Å². The van der Waals surface area contributed by atoms with Gasteiger partial charge in [-0.1, -0.05) is 12.2 Å². The van der Waals surface area contributed by atoms with Crippen molar-refractivity contribution in [1.82, 2.24) is 19.5 Å². The van der Waals surface area contributed by atoms with Crippen LogP contribution in [0.4, 0.5) is 5.82 Å². The van der Waals surface area contributed by atoms with Gasteiger partial charge in [-0.05, 0) is 6.92 Å². The zero-order valence-corrected chi connectivity index (χ0v) is 12.2. The predicted molar refractivity (Wildman–Crippen MR) is 78.0 cm³/mol. The Morgan fingerprint density at radius 1 is 1.30 bits per heavy atom. The molecule has 6 heteroatoms. The number of rotatable bonds is 3. The lowest BCUT2D eigenvalue weighted by atomic mass is 10.2. The highest BCUT2D eigenvalue weighted by atomic mass is 16.5. The van der Waals surface area contributed by atoms with Gasteiger partial charge in [0.15, 0.2) is 17.0 Å². The first-order valence-corrected chi connectivity index (χ1v) is 6.69. The number of methoxy groups -OCH3 is 1. The van der Waals surface area contributed by atoms with Crippen molar-refractivity contribution in [1.29, 1.82) is 0 Å². The van der Waals surface area contributed by atoms with Crippen molar-refractivity contribution in [3.8, 4) is 0 Å². The Hall–Kier alpha value is -1.95. The summed E-state index contributed by atoms with van der Waals surface area (Å²) >= 11 is 0. The third-order valence-electron chi connectivity index (χ3n) is 3.62. The molecule has 2 unspecified atom stereocenters. The van der Waals surface area contributed by atoms with Crippen LogP contribution in [0.2, 0.25) is 0 Å². The number of allylic oxidation sites excluding steroid dienone is 1. The highest BCUT2D eigenvalue weighted by molar-refractivity contribution is 5.83. The van der Waals surface area contributed by atoms with Crippen molar-refractivity contribution >= 4 is 17.0 Å². The van der Waals surface area contributed by atoms with Crippen LogP contribution in [0.25, 0.3) is 11.2 Å². The van der Waals surface area contributed by atoms with E-state index < -0.39 is 0 Å². The molecular formula is C14H19N5O. The van der Waals surface area contributed by atoms with Crippen LogP contribution in [0.3, 0.4) is 0 Å². The SMILES string of the molecule is COC1C=CC(n2cnc3c(N(C)C)nc(C)nc32)C1. The normalized spacial score (nSPS) is 21.8. The lowest BCUT2D eigenvalue weighted by molar-refractivity contribution is 0.134. The van der Waals surface area contributed by atoms with Crippen LogP contribution in [0.15, 0.2) is 18.5 Å². The zero-order chi connectivity index (χ0) is 14.3. The van der Waals surface area contributed by atoms with Gasteiger partial charge < -0.3 is 14.2 Å². The predicted octanol–water partition coefficient (Wildman–Crippen LogP) is 1.72. The van der Waals surface area contributed by atoms with E-state index in [2.05, 4.69) is 31.7 Å². The third kappa shape index (κ3) is 2.06. The monoisotopic (exact) mass is 273 g/mol. The molecule has 2 heterocycles. The van der Waals surface area contributed by atoms with Crippen LogP contribution < -0.4 is 4.90 Å². The molecule has 0 radical (unpaired) electrons. The summed E-state index contributed by atoms with van der Waals surface area (Å²) in [5.41, 5.74) is 1.72. The summed E-state index contributed by atoms with van der Waals surface area (Å²) in [5, 5.41) is 0. The fourth-order valence-electron chi connectivity index (χ4n) is 2.59.